The molecule has 6 nitrogen and oxygen atoms in total. The lowest BCUT2D eigenvalue weighted by Gasteiger charge is -2.06. The number of nitrogens with zero attached hydrogens (tertiary/aromatic N) is 3. The molecule has 0 fully saturated rings. The number of ether oxygens (including phenoxy) is 1. The second kappa shape index (κ2) is 6.44. The lowest BCUT2D eigenvalue weighted by molar-refractivity contribution is 0.178. The number of hydrogen-bond donors (Lipinski definition) is 2. The van der Waals surface area contributed by atoms with Crippen LogP contribution in [0.2, 0.25) is 0 Å². The second-order valence-electron chi connectivity index (χ2n) is 3.95. The molecular formula is C12H17N5OS. The Morgan fingerprint density at radius 1 is 1.42 bits per heavy atom. The fourth-order valence-electron chi connectivity index (χ4n) is 1.56. The van der Waals surface area contributed by atoms with E-state index in [1.165, 1.54) is 4.88 Å². The number of rotatable bonds is 6. The van der Waals surface area contributed by atoms with Crippen LogP contribution in [0.5, 0.6) is 0 Å². The Morgan fingerprint density at radius 3 is 2.95 bits per heavy atom. The van der Waals surface area contributed by atoms with Crippen molar-refractivity contribution in [1.82, 2.24) is 15.0 Å². The third kappa shape index (κ3) is 3.87. The summed E-state index contributed by atoms with van der Waals surface area (Å²) < 4.78 is 5.00. The quantitative estimate of drug-likeness (QED) is 0.839. The van der Waals surface area contributed by atoms with Gasteiger partial charge in [0, 0.05) is 24.3 Å². The van der Waals surface area contributed by atoms with Crippen LogP contribution < -0.4 is 11.1 Å². The van der Waals surface area contributed by atoms with Gasteiger partial charge >= 0.3 is 0 Å². The zero-order valence-electron chi connectivity index (χ0n) is 11.0. The molecule has 0 unspecified atom stereocenters. The summed E-state index contributed by atoms with van der Waals surface area (Å²) in [6, 6.07) is 1.70. The maximum absolute atomic E-state index is 5.72. The summed E-state index contributed by atoms with van der Waals surface area (Å²) >= 11 is 1.70. The largest absolute Gasteiger partial charge is 0.384 e. The molecule has 2 rings (SSSR count). The van der Waals surface area contributed by atoms with Crippen molar-refractivity contribution >= 4 is 23.0 Å². The highest BCUT2D eigenvalue weighted by Gasteiger charge is 2.04. The molecule has 0 amide bonds. The molecule has 0 bridgehead atoms. The van der Waals surface area contributed by atoms with Gasteiger partial charge < -0.3 is 15.8 Å². The molecule has 2 aromatic heterocycles. The monoisotopic (exact) mass is 279 g/mol. The van der Waals surface area contributed by atoms with Crippen LogP contribution in [-0.4, -0.2) is 22.1 Å². The van der Waals surface area contributed by atoms with E-state index in [9.17, 15) is 0 Å². The predicted octanol–water partition coefficient (Wildman–Crippen LogP) is 1.84. The van der Waals surface area contributed by atoms with Crippen molar-refractivity contribution in [3.63, 3.8) is 0 Å². The zero-order valence-corrected chi connectivity index (χ0v) is 11.8. The normalized spacial score (nSPS) is 10.6. The number of hydrogen-bond acceptors (Lipinski definition) is 7. The first-order valence-corrected chi connectivity index (χ1v) is 6.82. The molecular weight excluding hydrogens is 262 g/mol. The van der Waals surface area contributed by atoms with E-state index >= 15 is 0 Å². The van der Waals surface area contributed by atoms with E-state index in [1.54, 1.807) is 24.5 Å². The van der Waals surface area contributed by atoms with Gasteiger partial charge in [0.15, 0.2) is 5.82 Å². The van der Waals surface area contributed by atoms with E-state index in [0.29, 0.717) is 30.6 Å². The maximum Gasteiger partial charge on any atom is 0.158 e. The molecule has 0 aliphatic carbocycles. The lowest BCUT2D eigenvalue weighted by Crippen LogP contribution is -2.07. The van der Waals surface area contributed by atoms with Crippen LogP contribution >= 0.6 is 11.3 Å². The Hall–Kier alpha value is -1.73. The Kier molecular flexibility index (Phi) is 4.64. The molecule has 0 saturated carbocycles. The summed E-state index contributed by atoms with van der Waals surface area (Å²) in [7, 11) is 1.60. The first-order valence-electron chi connectivity index (χ1n) is 6.01. The third-order valence-electron chi connectivity index (χ3n) is 2.44. The van der Waals surface area contributed by atoms with Gasteiger partial charge in [0.2, 0.25) is 0 Å². The van der Waals surface area contributed by atoms with Gasteiger partial charge in [-0.05, 0) is 6.42 Å². The van der Waals surface area contributed by atoms with Crippen molar-refractivity contribution in [2.75, 3.05) is 18.2 Å². The van der Waals surface area contributed by atoms with Crippen molar-refractivity contribution < 1.29 is 4.74 Å². The number of anilines is 2. The van der Waals surface area contributed by atoms with Crippen LogP contribution in [0.25, 0.3) is 0 Å². The third-order valence-corrected chi connectivity index (χ3v) is 3.58. The first-order chi connectivity index (χ1) is 9.21. The molecule has 2 heterocycles. The van der Waals surface area contributed by atoms with Gasteiger partial charge in [-0.1, -0.05) is 6.92 Å². The summed E-state index contributed by atoms with van der Waals surface area (Å²) in [6.45, 7) is 3.09. The molecule has 0 spiro atoms. The van der Waals surface area contributed by atoms with Gasteiger partial charge in [0.05, 0.1) is 6.54 Å². The predicted molar refractivity (Wildman–Crippen MR) is 76.0 cm³/mol. The molecule has 19 heavy (non-hydrogen) atoms. The lowest BCUT2D eigenvalue weighted by atomic mass is 10.4. The van der Waals surface area contributed by atoms with Crippen LogP contribution in [0.1, 0.15) is 22.6 Å². The van der Waals surface area contributed by atoms with E-state index in [1.807, 2.05) is 6.20 Å². The first kappa shape index (κ1) is 13.7. The average molecular weight is 279 g/mol. The number of aromatic nitrogens is 3. The number of nitrogens with two attached hydrogens (primary N) is 1. The molecule has 3 N–H and O–H groups in total. The van der Waals surface area contributed by atoms with Crippen LogP contribution in [0.3, 0.4) is 0 Å². The number of methoxy groups -OCH3 is 1. The minimum Gasteiger partial charge on any atom is -0.384 e. The summed E-state index contributed by atoms with van der Waals surface area (Å²) in [5.74, 6) is 1.68. The summed E-state index contributed by atoms with van der Waals surface area (Å²) in [5, 5.41) is 4.23. The smallest absolute Gasteiger partial charge is 0.158 e. The van der Waals surface area contributed by atoms with E-state index in [4.69, 9.17) is 10.5 Å². The number of thiazole rings is 1. The van der Waals surface area contributed by atoms with Crippen molar-refractivity contribution in [2.45, 2.75) is 26.5 Å². The van der Waals surface area contributed by atoms with Crippen LogP contribution in [0.15, 0.2) is 12.3 Å². The van der Waals surface area contributed by atoms with Crippen molar-refractivity contribution in [2.24, 2.45) is 0 Å². The Bertz CT molecular complexity index is 543. The molecule has 0 aromatic carbocycles. The summed E-state index contributed by atoms with van der Waals surface area (Å²) in [4.78, 5) is 14.0. The Labute approximate surface area is 116 Å². The van der Waals surface area contributed by atoms with Crippen LogP contribution in [-0.2, 0) is 24.3 Å². The minimum absolute atomic E-state index is 0.344. The molecule has 0 saturated heterocycles. The molecule has 0 atom stereocenters. The molecule has 102 valence electrons. The highest BCUT2D eigenvalue weighted by Crippen LogP contribution is 2.15. The summed E-state index contributed by atoms with van der Waals surface area (Å²) in [5.41, 5.74) is 5.72. The number of nitrogens with one attached hydrogen (secondary N) is 1. The molecule has 0 aliphatic heterocycles. The number of nitrogen functional groups attached to an aromatic ring is 1. The topological polar surface area (TPSA) is 86.0 Å². The molecule has 0 aliphatic rings. The van der Waals surface area contributed by atoms with E-state index < -0.39 is 0 Å². The Morgan fingerprint density at radius 2 is 2.26 bits per heavy atom. The second-order valence-corrected chi connectivity index (χ2v) is 5.15. The van der Waals surface area contributed by atoms with E-state index in [2.05, 4.69) is 27.2 Å². The van der Waals surface area contributed by atoms with E-state index in [-0.39, 0.29) is 0 Å². The Balaban J connectivity index is 2.02. The van der Waals surface area contributed by atoms with Gasteiger partial charge in [-0.15, -0.1) is 11.3 Å². The highest BCUT2D eigenvalue weighted by molar-refractivity contribution is 7.11. The van der Waals surface area contributed by atoms with E-state index in [0.717, 1.165) is 11.4 Å². The van der Waals surface area contributed by atoms with Crippen molar-refractivity contribution in [3.8, 4) is 0 Å². The van der Waals surface area contributed by atoms with Crippen molar-refractivity contribution in [1.29, 1.82) is 0 Å². The van der Waals surface area contributed by atoms with Gasteiger partial charge in [0.1, 0.15) is 23.3 Å². The molecule has 2 aromatic rings. The maximum atomic E-state index is 5.72. The standard InChI is InChI=1S/C12H17N5OS/c1-3-8-5-15-12(19-8)6-14-10-4-9(13)16-11(17-10)7-18-2/h4-5H,3,6-7H2,1-2H3,(H3,13,14,16,17). The summed E-state index contributed by atoms with van der Waals surface area (Å²) in [6.07, 6.45) is 2.92. The van der Waals surface area contributed by atoms with Gasteiger partial charge in [0.25, 0.3) is 0 Å². The molecule has 7 heteroatoms. The van der Waals surface area contributed by atoms with Crippen molar-refractivity contribution in [3.05, 3.63) is 28.0 Å². The van der Waals surface area contributed by atoms with Gasteiger partial charge in [-0.25, -0.2) is 15.0 Å². The highest BCUT2D eigenvalue weighted by atomic mass is 32.1. The van der Waals surface area contributed by atoms with Gasteiger partial charge in [-0.3, -0.25) is 0 Å². The number of aryl methyl sites for hydroxylation is 1. The van der Waals surface area contributed by atoms with Gasteiger partial charge in [-0.2, -0.15) is 0 Å². The SMILES string of the molecule is CCc1cnc(CNc2cc(N)nc(COC)n2)s1. The van der Waals surface area contributed by atoms with Crippen LogP contribution in [0.4, 0.5) is 11.6 Å². The molecule has 0 radical (unpaired) electrons. The fraction of sp³-hybridized carbons (Fsp3) is 0.417. The zero-order chi connectivity index (χ0) is 13.7. The minimum atomic E-state index is 0.344. The fourth-order valence-corrected chi connectivity index (χ4v) is 2.36. The average Bonchev–Trinajstić information content (AvgIpc) is 2.84. The van der Waals surface area contributed by atoms with Crippen LogP contribution in [0, 0.1) is 0 Å².